The first-order valence-electron chi connectivity index (χ1n) is 4.02. The zero-order valence-electron chi connectivity index (χ0n) is 9.17. The molecule has 70 valence electrons. The van der Waals surface area contributed by atoms with Gasteiger partial charge in [-0.15, -0.1) is 0 Å². The number of carbonyl (C=O) groups is 2. The molecule has 0 amide bonds. The molecule has 0 unspecified atom stereocenters. The van der Waals surface area contributed by atoms with E-state index in [4.69, 9.17) is 4.74 Å². The number of carboxylic acids is 1. The third kappa shape index (κ3) is 15.4. The number of unbranched alkanes of at least 4 members (excludes halogenated alkanes) is 1. The van der Waals surface area contributed by atoms with Gasteiger partial charge in [-0.2, -0.15) is 0 Å². The van der Waals surface area contributed by atoms with Crippen molar-refractivity contribution in [3.8, 4) is 0 Å². The molecule has 0 aliphatic rings. The van der Waals surface area contributed by atoms with Crippen molar-refractivity contribution >= 4 is 11.9 Å². The van der Waals surface area contributed by atoms with Crippen LogP contribution in [0.1, 0.15) is 32.6 Å². The maximum Gasteiger partial charge on any atom is 1.00 e. The van der Waals surface area contributed by atoms with Gasteiger partial charge < -0.3 is 14.6 Å². The summed E-state index contributed by atoms with van der Waals surface area (Å²) in [6, 6.07) is 0. The van der Waals surface area contributed by atoms with E-state index in [1.54, 1.807) is 0 Å². The normalized spacial score (nSPS) is 8.07. The van der Waals surface area contributed by atoms with Crippen molar-refractivity contribution in [1.29, 1.82) is 0 Å². The molecule has 4 nitrogen and oxygen atoms in total. The Balaban J connectivity index is -0.000000605. The minimum atomic E-state index is -1.22. The molecule has 0 aromatic rings. The number of esters is 1. The van der Waals surface area contributed by atoms with E-state index in [0.29, 0.717) is 6.61 Å². The minimum Gasteiger partial charge on any atom is -0.550 e. The average Bonchev–Trinajstić information content (AvgIpc) is 2.01. The summed E-state index contributed by atoms with van der Waals surface area (Å²) in [5.41, 5.74) is 0. The van der Waals surface area contributed by atoms with Crippen LogP contribution in [0.15, 0.2) is 0 Å². The van der Waals surface area contributed by atoms with Gasteiger partial charge in [-0.3, -0.25) is 4.79 Å². The van der Waals surface area contributed by atoms with Gasteiger partial charge in [-0.1, -0.05) is 13.3 Å². The van der Waals surface area contributed by atoms with Gasteiger partial charge in [0.2, 0.25) is 0 Å². The molecular weight excluding hydrogens is 206 g/mol. The van der Waals surface area contributed by atoms with Crippen LogP contribution >= 0.6 is 0 Å². The molecule has 0 atom stereocenters. The number of carbonyl (C=O) groups excluding carboxylic acids is 2. The quantitative estimate of drug-likeness (QED) is 0.253. The zero-order chi connectivity index (χ0) is 9.40. The fourth-order valence-electron chi connectivity index (χ4n) is 0.607. The third-order valence-electron chi connectivity index (χ3n) is 1.29. The van der Waals surface area contributed by atoms with E-state index < -0.39 is 11.9 Å². The molecular formula is C8H13Na2O4+. The first kappa shape index (κ1) is 20.4. The predicted octanol–water partition coefficient (Wildman–Crippen LogP) is -6.13. The molecule has 0 aromatic heterocycles. The molecule has 0 saturated heterocycles. The molecule has 14 heavy (non-hydrogen) atoms. The molecule has 6 heteroatoms. The Morgan fingerprint density at radius 1 is 1.21 bits per heavy atom. The van der Waals surface area contributed by atoms with E-state index in [9.17, 15) is 14.7 Å². The molecule has 0 fully saturated rings. The molecule has 0 heterocycles. The summed E-state index contributed by atoms with van der Waals surface area (Å²) in [4.78, 5) is 20.6. The van der Waals surface area contributed by atoms with Crippen molar-refractivity contribution in [3.05, 3.63) is 0 Å². The van der Waals surface area contributed by atoms with Crippen LogP contribution in [0.3, 0.4) is 0 Å². The van der Waals surface area contributed by atoms with Crippen LogP contribution in [0.5, 0.6) is 0 Å². The van der Waals surface area contributed by atoms with Gasteiger partial charge in [0.05, 0.1) is 13.0 Å². The average molecular weight is 219 g/mol. The van der Waals surface area contributed by atoms with Crippen LogP contribution in [0, 0.1) is 0 Å². The Bertz CT molecular complexity index is 161. The van der Waals surface area contributed by atoms with E-state index in [0.717, 1.165) is 12.8 Å². The SMILES string of the molecule is CCCCOC(=O)CCC(=O)[O-].[Na+].[Na+]. The Kier molecular flexibility index (Phi) is 20.3. The summed E-state index contributed by atoms with van der Waals surface area (Å²) in [7, 11) is 0. The van der Waals surface area contributed by atoms with Crippen LogP contribution in [0.2, 0.25) is 0 Å². The van der Waals surface area contributed by atoms with Gasteiger partial charge in [-0.05, 0) is 12.8 Å². The van der Waals surface area contributed by atoms with Crippen molar-refractivity contribution in [2.45, 2.75) is 32.6 Å². The van der Waals surface area contributed by atoms with E-state index in [-0.39, 0.29) is 72.0 Å². The Morgan fingerprint density at radius 2 is 1.79 bits per heavy atom. The fraction of sp³-hybridized carbons (Fsp3) is 0.750. The number of ether oxygens (including phenoxy) is 1. The van der Waals surface area contributed by atoms with E-state index in [1.165, 1.54) is 0 Å². The van der Waals surface area contributed by atoms with Crippen molar-refractivity contribution in [2.24, 2.45) is 0 Å². The van der Waals surface area contributed by atoms with Gasteiger partial charge in [0.15, 0.2) is 0 Å². The van der Waals surface area contributed by atoms with Crippen molar-refractivity contribution < 1.29 is 78.5 Å². The van der Waals surface area contributed by atoms with Crippen molar-refractivity contribution in [3.63, 3.8) is 0 Å². The van der Waals surface area contributed by atoms with Crippen molar-refractivity contribution in [2.75, 3.05) is 6.61 Å². The topological polar surface area (TPSA) is 66.4 Å². The zero-order valence-corrected chi connectivity index (χ0v) is 13.2. The van der Waals surface area contributed by atoms with Crippen LogP contribution in [-0.2, 0) is 14.3 Å². The largest absolute Gasteiger partial charge is 1.00 e. The second kappa shape index (κ2) is 13.9. The molecule has 0 bridgehead atoms. The standard InChI is InChI=1S/C8H14O4.2Na/c1-2-3-6-12-8(11)5-4-7(9)10;;/h2-6H2,1H3,(H,9,10);;/q;2*+1/p-1. The van der Waals surface area contributed by atoms with Crippen molar-refractivity contribution in [1.82, 2.24) is 0 Å². The summed E-state index contributed by atoms with van der Waals surface area (Å²) in [5.74, 6) is -1.69. The van der Waals surface area contributed by atoms with E-state index in [1.807, 2.05) is 6.92 Å². The summed E-state index contributed by atoms with van der Waals surface area (Å²) in [6.07, 6.45) is 1.42. The Labute approximate surface area is 128 Å². The monoisotopic (exact) mass is 219 g/mol. The maximum absolute atomic E-state index is 10.7. The van der Waals surface area contributed by atoms with Gasteiger partial charge in [-0.25, -0.2) is 0 Å². The summed E-state index contributed by atoms with van der Waals surface area (Å²) in [5, 5.41) is 9.91. The van der Waals surface area contributed by atoms with Gasteiger partial charge in [0.1, 0.15) is 0 Å². The number of hydrogen-bond acceptors (Lipinski definition) is 4. The molecule has 0 N–H and O–H groups in total. The number of hydrogen-bond donors (Lipinski definition) is 0. The molecule has 0 rings (SSSR count). The van der Waals surface area contributed by atoms with E-state index in [2.05, 4.69) is 0 Å². The smallest absolute Gasteiger partial charge is 0.550 e. The number of aliphatic carboxylic acids is 1. The molecule has 0 aliphatic carbocycles. The molecule has 0 spiro atoms. The number of carboxylic acid groups (broad SMARTS) is 1. The predicted molar refractivity (Wildman–Crippen MR) is 40.1 cm³/mol. The van der Waals surface area contributed by atoms with Crippen LogP contribution in [0.25, 0.3) is 0 Å². The van der Waals surface area contributed by atoms with Gasteiger partial charge in [0.25, 0.3) is 0 Å². The van der Waals surface area contributed by atoms with Crippen LogP contribution in [0.4, 0.5) is 0 Å². The summed E-state index contributed by atoms with van der Waals surface area (Å²) < 4.78 is 4.70. The fourth-order valence-corrected chi connectivity index (χ4v) is 0.607. The first-order valence-corrected chi connectivity index (χ1v) is 4.02. The molecule has 0 aromatic carbocycles. The van der Waals surface area contributed by atoms with Gasteiger partial charge in [0, 0.05) is 5.97 Å². The summed E-state index contributed by atoms with van der Waals surface area (Å²) in [6.45, 7) is 2.36. The van der Waals surface area contributed by atoms with Crippen LogP contribution < -0.4 is 64.2 Å². The Hall–Kier alpha value is 0.940. The minimum absolute atomic E-state index is 0. The number of rotatable bonds is 6. The molecule has 0 saturated carbocycles. The second-order valence-corrected chi connectivity index (χ2v) is 2.45. The first-order chi connectivity index (χ1) is 5.66. The molecule has 0 radical (unpaired) electrons. The Morgan fingerprint density at radius 3 is 2.21 bits per heavy atom. The van der Waals surface area contributed by atoms with Crippen LogP contribution in [-0.4, -0.2) is 18.5 Å². The maximum atomic E-state index is 10.7. The second-order valence-electron chi connectivity index (χ2n) is 2.45. The van der Waals surface area contributed by atoms with E-state index >= 15 is 0 Å². The third-order valence-corrected chi connectivity index (χ3v) is 1.29. The summed E-state index contributed by atoms with van der Waals surface area (Å²) >= 11 is 0. The van der Waals surface area contributed by atoms with Gasteiger partial charge >= 0.3 is 65.1 Å². The molecule has 0 aliphatic heterocycles.